The molecule has 1 aromatic heterocycles. The molecule has 5 heteroatoms. The fraction of sp³-hybridized carbons (Fsp3) is 0.400. The number of carbonyl (C=O) groups excluding carboxylic acids is 1. The molecule has 2 aromatic rings. The molecule has 0 saturated carbocycles. The molecular weight excluding hydrogens is 252 g/mol. The van der Waals surface area contributed by atoms with Gasteiger partial charge in [-0.2, -0.15) is 0 Å². The van der Waals surface area contributed by atoms with Gasteiger partial charge in [-0.05, 0) is 25.2 Å². The second-order valence-electron chi connectivity index (χ2n) is 5.39. The van der Waals surface area contributed by atoms with E-state index in [0.717, 1.165) is 36.1 Å². The van der Waals surface area contributed by atoms with E-state index in [1.165, 1.54) is 0 Å². The van der Waals surface area contributed by atoms with Gasteiger partial charge in [0, 0.05) is 48.8 Å². The maximum atomic E-state index is 12.8. The Morgan fingerprint density at radius 3 is 3.05 bits per heavy atom. The lowest BCUT2D eigenvalue weighted by molar-refractivity contribution is 0.0518. The van der Waals surface area contributed by atoms with Crippen LogP contribution < -0.4 is 5.73 Å². The SMILES string of the molecule is CN1CCN(C(=O)c2cccc3[nH]ccc23)C(CN)C1. The van der Waals surface area contributed by atoms with Crippen LogP contribution in [-0.4, -0.2) is 60.0 Å². The summed E-state index contributed by atoms with van der Waals surface area (Å²) in [6.45, 7) is 2.97. The average Bonchev–Trinajstić information content (AvgIpc) is 2.94. The van der Waals surface area contributed by atoms with Crippen LogP contribution in [0.1, 0.15) is 10.4 Å². The first-order valence-corrected chi connectivity index (χ1v) is 6.96. The molecule has 1 fully saturated rings. The molecular formula is C15H20N4O. The average molecular weight is 272 g/mol. The van der Waals surface area contributed by atoms with Crippen LogP contribution in [0.2, 0.25) is 0 Å². The normalized spacial score (nSPS) is 20.5. The molecule has 5 nitrogen and oxygen atoms in total. The van der Waals surface area contributed by atoms with Crippen LogP contribution in [-0.2, 0) is 0 Å². The van der Waals surface area contributed by atoms with Gasteiger partial charge in [-0.15, -0.1) is 0 Å². The Bertz CT molecular complexity index is 621. The number of amides is 1. The smallest absolute Gasteiger partial charge is 0.254 e. The molecule has 1 atom stereocenters. The molecule has 1 aliphatic rings. The number of nitrogens with zero attached hydrogens (tertiary/aromatic N) is 2. The molecule has 0 aliphatic carbocycles. The minimum atomic E-state index is 0.0822. The summed E-state index contributed by atoms with van der Waals surface area (Å²) < 4.78 is 0. The van der Waals surface area contributed by atoms with Crippen molar-refractivity contribution in [2.24, 2.45) is 5.73 Å². The molecule has 3 N–H and O–H groups in total. The van der Waals surface area contributed by atoms with E-state index < -0.39 is 0 Å². The Kier molecular flexibility index (Phi) is 3.46. The van der Waals surface area contributed by atoms with E-state index >= 15 is 0 Å². The van der Waals surface area contributed by atoms with Gasteiger partial charge < -0.3 is 20.5 Å². The number of likely N-dealkylation sites (N-methyl/N-ethyl adjacent to an activating group) is 1. The first kappa shape index (κ1) is 13.1. The lowest BCUT2D eigenvalue weighted by Crippen LogP contribution is -2.56. The number of rotatable bonds is 2. The topological polar surface area (TPSA) is 65.4 Å². The van der Waals surface area contributed by atoms with E-state index in [1.807, 2.05) is 35.4 Å². The van der Waals surface area contributed by atoms with E-state index in [4.69, 9.17) is 5.73 Å². The summed E-state index contributed by atoms with van der Waals surface area (Å²) >= 11 is 0. The van der Waals surface area contributed by atoms with Crippen molar-refractivity contribution in [1.82, 2.24) is 14.8 Å². The zero-order valence-corrected chi connectivity index (χ0v) is 11.7. The molecule has 1 amide bonds. The summed E-state index contributed by atoms with van der Waals surface area (Å²) in [5, 5.41) is 0.979. The molecule has 0 bridgehead atoms. The molecule has 0 spiro atoms. The van der Waals surface area contributed by atoms with Gasteiger partial charge in [-0.3, -0.25) is 4.79 Å². The monoisotopic (exact) mass is 272 g/mol. The number of aromatic nitrogens is 1. The van der Waals surface area contributed by atoms with Gasteiger partial charge in [0.05, 0.1) is 6.04 Å². The number of carbonyl (C=O) groups is 1. The van der Waals surface area contributed by atoms with Crippen LogP contribution in [0.4, 0.5) is 0 Å². The second-order valence-corrected chi connectivity index (χ2v) is 5.39. The van der Waals surface area contributed by atoms with E-state index in [1.54, 1.807) is 0 Å². The third-order valence-corrected chi connectivity index (χ3v) is 4.04. The number of H-pyrrole nitrogens is 1. The quantitative estimate of drug-likeness (QED) is 0.853. The Morgan fingerprint density at radius 1 is 1.40 bits per heavy atom. The van der Waals surface area contributed by atoms with Crippen molar-refractivity contribution in [3.63, 3.8) is 0 Å². The molecule has 1 aromatic carbocycles. The number of hydrogen-bond donors (Lipinski definition) is 2. The van der Waals surface area contributed by atoms with Gasteiger partial charge >= 0.3 is 0 Å². The number of piperazine rings is 1. The number of nitrogens with one attached hydrogen (secondary N) is 1. The van der Waals surface area contributed by atoms with Crippen molar-refractivity contribution >= 4 is 16.8 Å². The number of aromatic amines is 1. The Morgan fingerprint density at radius 2 is 2.25 bits per heavy atom. The summed E-state index contributed by atoms with van der Waals surface area (Å²) in [6.07, 6.45) is 1.87. The molecule has 0 radical (unpaired) electrons. The van der Waals surface area contributed by atoms with Crippen LogP contribution in [0.15, 0.2) is 30.5 Å². The van der Waals surface area contributed by atoms with E-state index in [2.05, 4.69) is 16.9 Å². The third-order valence-electron chi connectivity index (χ3n) is 4.04. The fourth-order valence-corrected chi connectivity index (χ4v) is 2.91. The van der Waals surface area contributed by atoms with Gasteiger partial charge in [-0.25, -0.2) is 0 Å². The number of nitrogens with two attached hydrogens (primary N) is 1. The molecule has 1 aliphatic heterocycles. The van der Waals surface area contributed by atoms with Crippen molar-refractivity contribution in [3.8, 4) is 0 Å². The number of fused-ring (bicyclic) bond motifs is 1. The minimum Gasteiger partial charge on any atom is -0.361 e. The van der Waals surface area contributed by atoms with Crippen molar-refractivity contribution in [2.75, 3.05) is 33.2 Å². The van der Waals surface area contributed by atoms with Crippen molar-refractivity contribution in [2.45, 2.75) is 6.04 Å². The highest BCUT2D eigenvalue weighted by atomic mass is 16.2. The minimum absolute atomic E-state index is 0.0822. The fourth-order valence-electron chi connectivity index (χ4n) is 2.91. The standard InChI is InChI=1S/C15H20N4O/c1-18-7-8-19(11(9-16)10-18)15(20)13-3-2-4-14-12(13)5-6-17-14/h2-6,11,17H,7-10,16H2,1H3. The largest absolute Gasteiger partial charge is 0.361 e. The highest BCUT2D eigenvalue weighted by Crippen LogP contribution is 2.21. The molecule has 20 heavy (non-hydrogen) atoms. The van der Waals surface area contributed by atoms with Gasteiger partial charge in [0.2, 0.25) is 0 Å². The first-order chi connectivity index (χ1) is 9.70. The summed E-state index contributed by atoms with van der Waals surface area (Å²) in [7, 11) is 2.07. The Hall–Kier alpha value is -1.85. The Labute approximate surface area is 118 Å². The molecule has 3 rings (SSSR count). The molecule has 1 unspecified atom stereocenters. The van der Waals surface area contributed by atoms with E-state index in [-0.39, 0.29) is 11.9 Å². The van der Waals surface area contributed by atoms with Gasteiger partial charge in [0.25, 0.3) is 5.91 Å². The highest BCUT2D eigenvalue weighted by Gasteiger charge is 2.29. The van der Waals surface area contributed by atoms with Crippen LogP contribution >= 0.6 is 0 Å². The van der Waals surface area contributed by atoms with Crippen molar-refractivity contribution < 1.29 is 4.79 Å². The predicted molar refractivity (Wildman–Crippen MR) is 79.7 cm³/mol. The number of benzene rings is 1. The first-order valence-electron chi connectivity index (χ1n) is 6.96. The van der Waals surface area contributed by atoms with Gasteiger partial charge in [-0.1, -0.05) is 6.07 Å². The second kappa shape index (κ2) is 5.26. The van der Waals surface area contributed by atoms with Crippen molar-refractivity contribution in [3.05, 3.63) is 36.0 Å². The maximum Gasteiger partial charge on any atom is 0.254 e. The molecule has 2 heterocycles. The van der Waals surface area contributed by atoms with E-state index in [0.29, 0.717) is 6.54 Å². The van der Waals surface area contributed by atoms with E-state index in [9.17, 15) is 4.79 Å². The van der Waals surface area contributed by atoms with Crippen LogP contribution in [0.5, 0.6) is 0 Å². The van der Waals surface area contributed by atoms with Crippen LogP contribution in [0, 0.1) is 0 Å². The molecule has 1 saturated heterocycles. The summed E-state index contributed by atoms with van der Waals surface area (Å²) in [5.41, 5.74) is 7.59. The van der Waals surface area contributed by atoms with Gasteiger partial charge in [0.15, 0.2) is 0 Å². The lowest BCUT2D eigenvalue weighted by Gasteiger charge is -2.39. The number of hydrogen-bond acceptors (Lipinski definition) is 3. The van der Waals surface area contributed by atoms with Crippen LogP contribution in [0.3, 0.4) is 0 Å². The Balaban J connectivity index is 1.93. The van der Waals surface area contributed by atoms with Crippen LogP contribution in [0.25, 0.3) is 10.9 Å². The third kappa shape index (κ3) is 2.19. The van der Waals surface area contributed by atoms with Gasteiger partial charge in [0.1, 0.15) is 0 Å². The molecule has 106 valence electrons. The maximum absolute atomic E-state index is 12.8. The predicted octanol–water partition coefficient (Wildman–Crippen LogP) is 0.883. The zero-order chi connectivity index (χ0) is 14.1. The summed E-state index contributed by atoms with van der Waals surface area (Å²) in [4.78, 5) is 20.1. The van der Waals surface area contributed by atoms with Crippen molar-refractivity contribution in [1.29, 1.82) is 0 Å². The highest BCUT2D eigenvalue weighted by molar-refractivity contribution is 6.06. The summed E-state index contributed by atoms with van der Waals surface area (Å²) in [6, 6.07) is 7.84. The summed E-state index contributed by atoms with van der Waals surface area (Å²) in [5.74, 6) is 0.0822. The lowest BCUT2D eigenvalue weighted by atomic mass is 10.1. The zero-order valence-electron chi connectivity index (χ0n) is 11.7.